The van der Waals surface area contributed by atoms with Crippen LogP contribution in [0.1, 0.15) is 55.8 Å². The van der Waals surface area contributed by atoms with E-state index in [2.05, 4.69) is 17.6 Å². The zero-order valence-corrected chi connectivity index (χ0v) is 16.0. The number of anilines is 1. The molecule has 3 unspecified atom stereocenters. The summed E-state index contributed by atoms with van der Waals surface area (Å²) in [5.41, 5.74) is 1.13. The largest absolute Gasteiger partial charge is 0.376 e. The van der Waals surface area contributed by atoms with Crippen molar-refractivity contribution < 1.29 is 19.1 Å². The quantitative estimate of drug-likeness (QED) is 0.719. The molecule has 0 aromatic heterocycles. The molecule has 2 amide bonds. The second-order valence-corrected chi connectivity index (χ2v) is 7.50. The number of amides is 2. The summed E-state index contributed by atoms with van der Waals surface area (Å²) in [6.45, 7) is 3.87. The molecule has 27 heavy (non-hydrogen) atoms. The molecule has 1 aromatic rings. The maximum Gasteiger partial charge on any atom is 0.253 e. The lowest BCUT2D eigenvalue weighted by Gasteiger charge is -2.28. The summed E-state index contributed by atoms with van der Waals surface area (Å²) in [5, 5.41) is 5.71. The number of nitrogens with one attached hydrogen (secondary N) is 2. The molecule has 3 atom stereocenters. The molecule has 2 N–H and O–H groups in total. The van der Waals surface area contributed by atoms with Gasteiger partial charge in [0.05, 0.1) is 12.7 Å². The van der Waals surface area contributed by atoms with Gasteiger partial charge in [-0.3, -0.25) is 9.59 Å². The Balaban J connectivity index is 1.43. The SMILES string of the molecule is CC1CCCCC1OCCNC(=O)c1cccc(NC(=O)C2CCCO2)c1. The fourth-order valence-electron chi connectivity index (χ4n) is 3.75. The van der Waals surface area contributed by atoms with Gasteiger partial charge in [-0.15, -0.1) is 0 Å². The fraction of sp³-hybridized carbons (Fsp3) is 0.619. The van der Waals surface area contributed by atoms with Crippen molar-refractivity contribution in [3.05, 3.63) is 29.8 Å². The van der Waals surface area contributed by atoms with Crippen molar-refractivity contribution in [3.63, 3.8) is 0 Å². The topological polar surface area (TPSA) is 76.7 Å². The molecule has 1 saturated heterocycles. The Bertz CT molecular complexity index is 643. The highest BCUT2D eigenvalue weighted by molar-refractivity contribution is 5.98. The molecule has 2 aliphatic rings. The van der Waals surface area contributed by atoms with Crippen LogP contribution < -0.4 is 10.6 Å². The smallest absolute Gasteiger partial charge is 0.253 e. The molecule has 6 heteroatoms. The molecule has 0 spiro atoms. The first-order valence-electron chi connectivity index (χ1n) is 10.1. The second-order valence-electron chi connectivity index (χ2n) is 7.50. The average molecular weight is 374 g/mol. The summed E-state index contributed by atoms with van der Waals surface area (Å²) >= 11 is 0. The van der Waals surface area contributed by atoms with Crippen LogP contribution in [0.5, 0.6) is 0 Å². The molecule has 3 rings (SSSR count). The summed E-state index contributed by atoms with van der Waals surface area (Å²) in [7, 11) is 0. The highest BCUT2D eigenvalue weighted by Gasteiger charge is 2.24. The van der Waals surface area contributed by atoms with Gasteiger partial charge >= 0.3 is 0 Å². The van der Waals surface area contributed by atoms with E-state index in [1.165, 1.54) is 19.3 Å². The molecular formula is C21H30N2O4. The Morgan fingerprint density at radius 3 is 2.81 bits per heavy atom. The third kappa shape index (κ3) is 5.78. The van der Waals surface area contributed by atoms with Gasteiger partial charge in [0.25, 0.3) is 11.8 Å². The van der Waals surface area contributed by atoms with Crippen molar-refractivity contribution in [2.75, 3.05) is 25.1 Å². The predicted octanol–water partition coefficient (Wildman–Crippen LogP) is 3.13. The number of benzene rings is 1. The van der Waals surface area contributed by atoms with Crippen LogP contribution in [0, 0.1) is 5.92 Å². The van der Waals surface area contributed by atoms with Crippen molar-refractivity contribution in [2.24, 2.45) is 5.92 Å². The van der Waals surface area contributed by atoms with Gasteiger partial charge in [0.2, 0.25) is 0 Å². The Kier molecular flexibility index (Phi) is 7.24. The molecule has 6 nitrogen and oxygen atoms in total. The highest BCUT2D eigenvalue weighted by atomic mass is 16.5. The third-order valence-electron chi connectivity index (χ3n) is 5.37. The number of carbonyl (C=O) groups is 2. The summed E-state index contributed by atoms with van der Waals surface area (Å²) in [6, 6.07) is 6.96. The van der Waals surface area contributed by atoms with E-state index >= 15 is 0 Å². The van der Waals surface area contributed by atoms with Crippen LogP contribution in [0.2, 0.25) is 0 Å². The van der Waals surface area contributed by atoms with Crippen molar-refractivity contribution in [2.45, 2.75) is 57.7 Å². The lowest BCUT2D eigenvalue weighted by molar-refractivity contribution is -0.124. The Morgan fingerprint density at radius 1 is 1.19 bits per heavy atom. The van der Waals surface area contributed by atoms with Crippen LogP contribution in [0.15, 0.2) is 24.3 Å². The van der Waals surface area contributed by atoms with Gasteiger partial charge in [-0.1, -0.05) is 25.8 Å². The van der Waals surface area contributed by atoms with Crippen molar-refractivity contribution in [3.8, 4) is 0 Å². The lowest BCUT2D eigenvalue weighted by Crippen LogP contribution is -2.32. The maximum atomic E-state index is 12.4. The van der Waals surface area contributed by atoms with Gasteiger partial charge in [-0.2, -0.15) is 0 Å². The van der Waals surface area contributed by atoms with Crippen LogP contribution in [0.25, 0.3) is 0 Å². The van der Waals surface area contributed by atoms with Crippen molar-refractivity contribution in [1.82, 2.24) is 5.32 Å². The minimum Gasteiger partial charge on any atom is -0.376 e. The predicted molar refractivity (Wildman–Crippen MR) is 104 cm³/mol. The normalized spacial score (nSPS) is 25.1. The lowest BCUT2D eigenvalue weighted by atomic mass is 9.88. The zero-order valence-electron chi connectivity index (χ0n) is 16.0. The van der Waals surface area contributed by atoms with E-state index in [-0.39, 0.29) is 17.9 Å². The first kappa shape index (κ1) is 19.8. The maximum absolute atomic E-state index is 12.4. The number of hydrogen-bond acceptors (Lipinski definition) is 4. The van der Waals surface area contributed by atoms with Crippen LogP contribution in [-0.2, 0) is 14.3 Å². The molecular weight excluding hydrogens is 344 g/mol. The zero-order chi connectivity index (χ0) is 19.1. The summed E-state index contributed by atoms with van der Waals surface area (Å²) in [6.07, 6.45) is 6.42. The monoisotopic (exact) mass is 374 g/mol. The van der Waals surface area contributed by atoms with Gasteiger partial charge in [0.15, 0.2) is 0 Å². The number of carbonyl (C=O) groups excluding carboxylic acids is 2. The molecule has 1 aliphatic heterocycles. The molecule has 1 aromatic carbocycles. The molecule has 0 bridgehead atoms. The van der Waals surface area contributed by atoms with E-state index in [1.807, 2.05) is 0 Å². The number of hydrogen-bond donors (Lipinski definition) is 2. The fourth-order valence-corrected chi connectivity index (χ4v) is 3.75. The van der Waals surface area contributed by atoms with E-state index in [4.69, 9.17) is 9.47 Å². The van der Waals surface area contributed by atoms with Crippen molar-refractivity contribution >= 4 is 17.5 Å². The number of ether oxygens (including phenoxy) is 2. The third-order valence-corrected chi connectivity index (χ3v) is 5.37. The van der Waals surface area contributed by atoms with Crippen LogP contribution >= 0.6 is 0 Å². The van der Waals surface area contributed by atoms with E-state index in [9.17, 15) is 9.59 Å². The van der Waals surface area contributed by atoms with Gasteiger partial charge in [-0.05, 0) is 49.8 Å². The molecule has 0 radical (unpaired) electrons. The molecule has 1 heterocycles. The van der Waals surface area contributed by atoms with Gasteiger partial charge in [0.1, 0.15) is 6.10 Å². The second kappa shape index (κ2) is 9.85. The molecule has 1 aliphatic carbocycles. The molecule has 1 saturated carbocycles. The highest BCUT2D eigenvalue weighted by Crippen LogP contribution is 2.26. The summed E-state index contributed by atoms with van der Waals surface area (Å²) < 4.78 is 11.3. The first-order valence-corrected chi connectivity index (χ1v) is 10.1. The van der Waals surface area contributed by atoms with Crippen LogP contribution in [0.4, 0.5) is 5.69 Å². The van der Waals surface area contributed by atoms with Gasteiger partial charge in [-0.25, -0.2) is 0 Å². The average Bonchev–Trinajstić information content (AvgIpc) is 3.21. The van der Waals surface area contributed by atoms with E-state index in [0.717, 1.165) is 19.3 Å². The Labute approximate surface area is 161 Å². The minimum absolute atomic E-state index is 0.153. The van der Waals surface area contributed by atoms with E-state index in [1.54, 1.807) is 24.3 Å². The minimum atomic E-state index is -0.387. The van der Waals surface area contributed by atoms with Gasteiger partial charge < -0.3 is 20.1 Å². The standard InChI is InChI=1S/C21H30N2O4/c1-15-6-2-3-9-18(15)27-13-11-22-20(24)16-7-4-8-17(14-16)23-21(25)19-10-5-12-26-19/h4,7-8,14-15,18-19H,2-3,5-6,9-13H2,1H3,(H,22,24)(H,23,25). The van der Waals surface area contributed by atoms with Gasteiger partial charge in [0, 0.05) is 24.4 Å². The van der Waals surface area contributed by atoms with Crippen LogP contribution in [-0.4, -0.2) is 43.8 Å². The first-order chi connectivity index (χ1) is 13.1. The summed E-state index contributed by atoms with van der Waals surface area (Å²) in [5.74, 6) is 0.280. The van der Waals surface area contributed by atoms with Crippen molar-refractivity contribution in [1.29, 1.82) is 0 Å². The van der Waals surface area contributed by atoms with E-state index < -0.39 is 0 Å². The Morgan fingerprint density at radius 2 is 2.04 bits per heavy atom. The summed E-state index contributed by atoms with van der Waals surface area (Å²) in [4.78, 5) is 24.5. The number of rotatable bonds is 7. The van der Waals surface area contributed by atoms with E-state index in [0.29, 0.717) is 43.0 Å². The Hall–Kier alpha value is -1.92. The molecule has 2 fully saturated rings. The molecule has 148 valence electrons. The van der Waals surface area contributed by atoms with Crippen LogP contribution in [0.3, 0.4) is 0 Å².